The van der Waals surface area contributed by atoms with Gasteiger partial charge in [0.05, 0.1) is 4.34 Å². The SMILES string of the molecule is CCNC(Cc1ccc(Cl)s1)c1cccc(C)c1. The van der Waals surface area contributed by atoms with Crippen LogP contribution < -0.4 is 5.32 Å². The van der Waals surface area contributed by atoms with Gasteiger partial charge in [-0.3, -0.25) is 0 Å². The van der Waals surface area contributed by atoms with Crippen molar-refractivity contribution in [2.45, 2.75) is 26.3 Å². The van der Waals surface area contributed by atoms with Crippen LogP contribution in [0.4, 0.5) is 0 Å². The molecular formula is C15H18ClNS. The molecule has 96 valence electrons. The number of likely N-dealkylation sites (N-methyl/N-ethyl adjacent to an activating group) is 1. The molecule has 0 spiro atoms. The molecule has 1 aromatic heterocycles. The van der Waals surface area contributed by atoms with Gasteiger partial charge in [0, 0.05) is 17.3 Å². The molecule has 1 atom stereocenters. The minimum Gasteiger partial charge on any atom is -0.310 e. The first-order valence-electron chi connectivity index (χ1n) is 6.23. The lowest BCUT2D eigenvalue weighted by Gasteiger charge is -2.18. The fraction of sp³-hybridized carbons (Fsp3) is 0.333. The first kappa shape index (κ1) is 13.6. The van der Waals surface area contributed by atoms with Gasteiger partial charge in [0.15, 0.2) is 0 Å². The Labute approximate surface area is 118 Å². The Morgan fingerprint density at radius 1 is 1.28 bits per heavy atom. The van der Waals surface area contributed by atoms with E-state index in [1.807, 2.05) is 6.07 Å². The zero-order valence-electron chi connectivity index (χ0n) is 10.7. The largest absolute Gasteiger partial charge is 0.310 e. The van der Waals surface area contributed by atoms with Crippen molar-refractivity contribution in [2.75, 3.05) is 6.54 Å². The Balaban J connectivity index is 2.17. The van der Waals surface area contributed by atoms with E-state index in [4.69, 9.17) is 11.6 Å². The van der Waals surface area contributed by atoms with Gasteiger partial charge in [-0.15, -0.1) is 11.3 Å². The van der Waals surface area contributed by atoms with E-state index in [1.165, 1.54) is 16.0 Å². The van der Waals surface area contributed by atoms with Gasteiger partial charge >= 0.3 is 0 Å². The van der Waals surface area contributed by atoms with Crippen molar-refractivity contribution in [3.05, 3.63) is 56.7 Å². The molecule has 18 heavy (non-hydrogen) atoms. The summed E-state index contributed by atoms with van der Waals surface area (Å²) in [7, 11) is 0. The Kier molecular flexibility index (Phi) is 4.81. The summed E-state index contributed by atoms with van der Waals surface area (Å²) in [6.45, 7) is 5.25. The quantitative estimate of drug-likeness (QED) is 0.843. The molecule has 0 saturated heterocycles. The maximum atomic E-state index is 5.99. The van der Waals surface area contributed by atoms with Gasteiger partial charge in [0.25, 0.3) is 0 Å². The zero-order valence-corrected chi connectivity index (χ0v) is 12.3. The van der Waals surface area contributed by atoms with Crippen molar-refractivity contribution in [3.8, 4) is 0 Å². The van der Waals surface area contributed by atoms with Gasteiger partial charge in [0.2, 0.25) is 0 Å². The third-order valence-corrected chi connectivity index (χ3v) is 4.18. The maximum absolute atomic E-state index is 5.99. The van der Waals surface area contributed by atoms with Crippen LogP contribution >= 0.6 is 22.9 Å². The van der Waals surface area contributed by atoms with Gasteiger partial charge in [0.1, 0.15) is 0 Å². The molecule has 0 amide bonds. The van der Waals surface area contributed by atoms with E-state index in [0.717, 1.165) is 17.3 Å². The van der Waals surface area contributed by atoms with Gasteiger partial charge in [-0.1, -0.05) is 48.4 Å². The van der Waals surface area contributed by atoms with Crippen LogP contribution in [0.3, 0.4) is 0 Å². The molecule has 0 aliphatic heterocycles. The Hall–Kier alpha value is -0.830. The molecule has 1 aromatic carbocycles. The minimum absolute atomic E-state index is 0.365. The fourth-order valence-corrected chi connectivity index (χ4v) is 3.24. The molecule has 0 radical (unpaired) electrons. The second kappa shape index (κ2) is 6.37. The van der Waals surface area contributed by atoms with Crippen molar-refractivity contribution in [3.63, 3.8) is 0 Å². The predicted octanol–water partition coefficient (Wildman–Crippen LogP) is 4.60. The van der Waals surface area contributed by atoms with Crippen LogP contribution in [0.1, 0.15) is 29.0 Å². The molecule has 1 heterocycles. The predicted molar refractivity (Wildman–Crippen MR) is 80.6 cm³/mol. The first-order chi connectivity index (χ1) is 8.69. The summed E-state index contributed by atoms with van der Waals surface area (Å²) in [5.41, 5.74) is 2.65. The third-order valence-electron chi connectivity index (χ3n) is 2.93. The van der Waals surface area contributed by atoms with Crippen LogP contribution in [-0.4, -0.2) is 6.54 Å². The summed E-state index contributed by atoms with van der Waals surface area (Å²) in [4.78, 5) is 1.33. The molecule has 0 bridgehead atoms. The summed E-state index contributed by atoms with van der Waals surface area (Å²) < 4.78 is 0.865. The Morgan fingerprint density at radius 3 is 2.72 bits per heavy atom. The topological polar surface area (TPSA) is 12.0 Å². The third kappa shape index (κ3) is 3.58. The van der Waals surface area contributed by atoms with E-state index in [9.17, 15) is 0 Å². The summed E-state index contributed by atoms with van der Waals surface area (Å²) in [6, 6.07) is 13.2. The van der Waals surface area contributed by atoms with E-state index < -0.39 is 0 Å². The zero-order chi connectivity index (χ0) is 13.0. The van der Waals surface area contributed by atoms with Crippen LogP contribution in [-0.2, 0) is 6.42 Å². The highest BCUT2D eigenvalue weighted by Gasteiger charge is 2.12. The molecule has 2 rings (SSSR count). The molecule has 1 N–H and O–H groups in total. The van der Waals surface area contributed by atoms with Crippen molar-refractivity contribution >= 4 is 22.9 Å². The van der Waals surface area contributed by atoms with E-state index in [1.54, 1.807) is 11.3 Å². The molecular weight excluding hydrogens is 262 g/mol. The number of nitrogens with one attached hydrogen (secondary N) is 1. The summed E-state index contributed by atoms with van der Waals surface area (Å²) in [5.74, 6) is 0. The van der Waals surface area contributed by atoms with Crippen LogP contribution in [0, 0.1) is 6.92 Å². The lowest BCUT2D eigenvalue weighted by molar-refractivity contribution is 0.553. The standard InChI is InChI=1S/C15H18ClNS/c1-3-17-14(10-13-7-8-15(16)18-13)12-6-4-5-11(2)9-12/h4-9,14,17H,3,10H2,1-2H3. The minimum atomic E-state index is 0.365. The number of thiophene rings is 1. The molecule has 1 nitrogen and oxygen atoms in total. The van der Waals surface area contributed by atoms with E-state index in [-0.39, 0.29) is 0 Å². The van der Waals surface area contributed by atoms with E-state index >= 15 is 0 Å². The highest BCUT2D eigenvalue weighted by atomic mass is 35.5. The van der Waals surface area contributed by atoms with Crippen LogP contribution in [0.15, 0.2) is 36.4 Å². The van der Waals surface area contributed by atoms with Gasteiger partial charge in [-0.2, -0.15) is 0 Å². The molecule has 3 heteroatoms. The second-order valence-corrected chi connectivity index (χ2v) is 6.23. The molecule has 0 fully saturated rings. The number of benzene rings is 1. The van der Waals surface area contributed by atoms with Crippen molar-refractivity contribution < 1.29 is 0 Å². The van der Waals surface area contributed by atoms with Crippen molar-refractivity contribution in [1.82, 2.24) is 5.32 Å². The number of rotatable bonds is 5. The molecule has 0 saturated carbocycles. The Bertz CT molecular complexity index is 507. The van der Waals surface area contributed by atoms with Crippen LogP contribution in [0.25, 0.3) is 0 Å². The molecule has 1 unspecified atom stereocenters. The van der Waals surface area contributed by atoms with Gasteiger partial charge < -0.3 is 5.32 Å². The van der Waals surface area contributed by atoms with E-state index in [0.29, 0.717) is 6.04 Å². The second-order valence-electron chi connectivity index (χ2n) is 4.43. The van der Waals surface area contributed by atoms with Gasteiger partial charge in [-0.25, -0.2) is 0 Å². The Morgan fingerprint density at radius 2 is 2.11 bits per heavy atom. The average molecular weight is 280 g/mol. The van der Waals surface area contributed by atoms with Crippen molar-refractivity contribution in [1.29, 1.82) is 0 Å². The smallest absolute Gasteiger partial charge is 0.0931 e. The van der Waals surface area contributed by atoms with Crippen LogP contribution in [0.5, 0.6) is 0 Å². The average Bonchev–Trinajstić information content (AvgIpc) is 2.74. The summed E-state index contributed by atoms with van der Waals surface area (Å²) >= 11 is 7.66. The first-order valence-corrected chi connectivity index (χ1v) is 7.42. The van der Waals surface area contributed by atoms with Gasteiger partial charge in [-0.05, 0) is 31.2 Å². The molecule has 0 aliphatic carbocycles. The highest BCUT2D eigenvalue weighted by Crippen LogP contribution is 2.26. The van der Waals surface area contributed by atoms with Crippen LogP contribution in [0.2, 0.25) is 4.34 Å². The number of halogens is 1. The summed E-state index contributed by atoms with van der Waals surface area (Å²) in [6.07, 6.45) is 0.995. The van der Waals surface area contributed by atoms with E-state index in [2.05, 4.69) is 49.5 Å². The van der Waals surface area contributed by atoms with Crippen molar-refractivity contribution in [2.24, 2.45) is 0 Å². The lowest BCUT2D eigenvalue weighted by atomic mass is 10.0. The normalized spacial score (nSPS) is 12.6. The monoisotopic (exact) mass is 279 g/mol. The fourth-order valence-electron chi connectivity index (χ4n) is 2.10. The molecule has 2 aromatic rings. The highest BCUT2D eigenvalue weighted by molar-refractivity contribution is 7.16. The summed E-state index contributed by atoms with van der Waals surface area (Å²) in [5, 5.41) is 3.55. The number of hydrogen-bond acceptors (Lipinski definition) is 2. The molecule has 0 aliphatic rings. The maximum Gasteiger partial charge on any atom is 0.0931 e. The lowest BCUT2D eigenvalue weighted by Crippen LogP contribution is -2.22. The number of hydrogen-bond donors (Lipinski definition) is 1. The number of aryl methyl sites for hydroxylation is 1.